The normalized spacial score (nSPS) is 23.5. The summed E-state index contributed by atoms with van der Waals surface area (Å²) in [5.41, 5.74) is 5.63. The molecule has 0 bridgehead atoms. The van der Waals surface area contributed by atoms with Crippen molar-refractivity contribution in [1.29, 1.82) is 0 Å². The quantitative estimate of drug-likeness (QED) is 0.301. The minimum atomic E-state index is -0.398. The van der Waals surface area contributed by atoms with Gasteiger partial charge in [-0.05, 0) is 29.4 Å². The van der Waals surface area contributed by atoms with Crippen LogP contribution in [0.2, 0.25) is 0 Å². The van der Waals surface area contributed by atoms with Crippen molar-refractivity contribution in [3.63, 3.8) is 0 Å². The largest absolute Gasteiger partial charge is 0.0957 e. The summed E-state index contributed by atoms with van der Waals surface area (Å²) in [7, 11) is -0.398. The Labute approximate surface area is 183 Å². The molecular formula is C28H21PS. The van der Waals surface area contributed by atoms with Crippen molar-refractivity contribution in [2.75, 3.05) is 0 Å². The second-order valence-corrected chi connectivity index (χ2v) is 12.1. The Morgan fingerprint density at radius 3 is 1.43 bits per heavy atom. The summed E-state index contributed by atoms with van der Waals surface area (Å²) >= 11 is 2.11. The first-order valence-electron chi connectivity index (χ1n) is 10.3. The maximum Gasteiger partial charge on any atom is 0.0689 e. The fraction of sp³-hybridized carbons (Fsp3) is 0.0714. The van der Waals surface area contributed by atoms with Crippen LogP contribution >= 0.6 is 18.5 Å². The van der Waals surface area contributed by atoms with Crippen LogP contribution in [0.3, 0.4) is 0 Å². The maximum atomic E-state index is 2.59. The lowest BCUT2D eigenvalue weighted by Gasteiger charge is -2.26. The zero-order chi connectivity index (χ0) is 20.0. The molecule has 2 unspecified atom stereocenters. The third-order valence-electron chi connectivity index (χ3n) is 6.31. The van der Waals surface area contributed by atoms with Gasteiger partial charge in [0, 0.05) is 4.91 Å². The van der Waals surface area contributed by atoms with Gasteiger partial charge >= 0.3 is 0 Å². The van der Waals surface area contributed by atoms with E-state index in [9.17, 15) is 0 Å². The van der Waals surface area contributed by atoms with Crippen LogP contribution in [-0.2, 0) is 10.3 Å². The Morgan fingerprint density at radius 2 is 0.933 bits per heavy atom. The molecule has 2 aliphatic heterocycles. The first kappa shape index (κ1) is 18.2. The lowest BCUT2D eigenvalue weighted by Crippen LogP contribution is -2.23. The van der Waals surface area contributed by atoms with Crippen molar-refractivity contribution >= 4 is 23.4 Å². The Morgan fingerprint density at radius 1 is 0.500 bits per heavy atom. The van der Waals surface area contributed by atoms with E-state index in [4.69, 9.17) is 0 Å². The molecule has 0 amide bonds. The van der Waals surface area contributed by atoms with Crippen LogP contribution in [0.1, 0.15) is 22.3 Å². The number of allylic oxidation sites excluding steroid dienone is 1. The SMILES string of the molecule is C1=C(c2ccccc2)SP2C1(c1ccccc1)C2(c1ccccc1)c1ccccc1. The molecule has 0 nitrogen and oxygen atoms in total. The summed E-state index contributed by atoms with van der Waals surface area (Å²) in [6.07, 6.45) is 2.59. The molecule has 2 heteroatoms. The summed E-state index contributed by atoms with van der Waals surface area (Å²) in [6, 6.07) is 44.4. The summed E-state index contributed by atoms with van der Waals surface area (Å²) in [6.45, 7) is 0. The van der Waals surface area contributed by atoms with E-state index in [-0.39, 0.29) is 10.3 Å². The van der Waals surface area contributed by atoms with Gasteiger partial charge in [-0.3, -0.25) is 0 Å². The molecule has 1 saturated heterocycles. The van der Waals surface area contributed by atoms with E-state index in [1.165, 1.54) is 27.2 Å². The van der Waals surface area contributed by atoms with Gasteiger partial charge in [0.2, 0.25) is 0 Å². The molecule has 0 aromatic heterocycles. The molecule has 30 heavy (non-hydrogen) atoms. The van der Waals surface area contributed by atoms with Gasteiger partial charge < -0.3 is 0 Å². The van der Waals surface area contributed by atoms with Gasteiger partial charge in [0.1, 0.15) is 0 Å². The third kappa shape index (κ3) is 2.40. The average molecular weight is 421 g/mol. The zero-order valence-corrected chi connectivity index (χ0v) is 18.2. The van der Waals surface area contributed by atoms with Crippen LogP contribution in [0.25, 0.3) is 4.91 Å². The van der Waals surface area contributed by atoms with Crippen molar-refractivity contribution in [3.05, 3.63) is 150 Å². The second kappa shape index (κ2) is 6.98. The second-order valence-electron chi connectivity index (χ2n) is 7.84. The fourth-order valence-electron chi connectivity index (χ4n) is 5.01. The van der Waals surface area contributed by atoms with E-state index in [0.29, 0.717) is 0 Å². The first-order chi connectivity index (χ1) is 14.9. The van der Waals surface area contributed by atoms with Crippen LogP contribution in [-0.4, -0.2) is 0 Å². The molecule has 0 aliphatic carbocycles. The van der Waals surface area contributed by atoms with Crippen molar-refractivity contribution in [2.24, 2.45) is 0 Å². The molecule has 4 aromatic rings. The van der Waals surface area contributed by atoms with Gasteiger partial charge in [-0.25, -0.2) is 0 Å². The van der Waals surface area contributed by atoms with Crippen LogP contribution in [0.15, 0.2) is 127 Å². The molecule has 2 aliphatic rings. The molecular weight excluding hydrogens is 399 g/mol. The highest BCUT2D eigenvalue weighted by Crippen LogP contribution is 3.03. The summed E-state index contributed by atoms with van der Waals surface area (Å²) in [4.78, 5) is 1.42. The van der Waals surface area contributed by atoms with Crippen LogP contribution in [0, 0.1) is 0 Å². The minimum Gasteiger partial charge on any atom is -0.0957 e. The number of fused-ring (bicyclic) bond motifs is 1. The van der Waals surface area contributed by atoms with E-state index in [0.717, 1.165) is 0 Å². The van der Waals surface area contributed by atoms with Crippen LogP contribution in [0.4, 0.5) is 0 Å². The molecule has 144 valence electrons. The standard InChI is InChI=1S/C28H21PS/c1-5-13-22(14-6-1)26-21-27(23-15-7-2-8-16-23)28(29(27)30-26,24-17-9-3-10-18-24)25-19-11-4-12-20-25/h1-21H. The topological polar surface area (TPSA) is 0 Å². The smallest absolute Gasteiger partial charge is 0.0689 e. The van der Waals surface area contributed by atoms with Gasteiger partial charge in [-0.15, -0.1) is 0 Å². The van der Waals surface area contributed by atoms with E-state index in [1.807, 2.05) is 0 Å². The summed E-state index contributed by atoms with van der Waals surface area (Å²) in [5.74, 6) is 0. The Bertz CT molecular complexity index is 1160. The highest BCUT2D eigenvalue weighted by atomic mass is 32.7. The molecule has 0 spiro atoms. The minimum absolute atomic E-state index is 0.00908. The maximum absolute atomic E-state index is 2.59. The lowest BCUT2D eigenvalue weighted by molar-refractivity contribution is 0.712. The number of hydrogen-bond donors (Lipinski definition) is 0. The predicted octanol–water partition coefficient (Wildman–Crippen LogP) is 8.02. The molecule has 0 N–H and O–H groups in total. The molecule has 2 heterocycles. The van der Waals surface area contributed by atoms with Gasteiger partial charge in [-0.1, -0.05) is 139 Å². The monoisotopic (exact) mass is 420 g/mol. The summed E-state index contributed by atoms with van der Waals surface area (Å²) in [5, 5.41) is 0.0251. The highest BCUT2D eigenvalue weighted by Gasteiger charge is 2.80. The molecule has 0 radical (unpaired) electrons. The fourth-order valence-corrected chi connectivity index (χ4v) is 12.7. The van der Waals surface area contributed by atoms with Crippen LogP contribution in [0.5, 0.6) is 0 Å². The van der Waals surface area contributed by atoms with Crippen LogP contribution < -0.4 is 0 Å². The molecule has 0 saturated carbocycles. The van der Waals surface area contributed by atoms with Gasteiger partial charge in [-0.2, -0.15) is 0 Å². The van der Waals surface area contributed by atoms with Crippen molar-refractivity contribution < 1.29 is 0 Å². The Hall–Kier alpha value is -2.60. The predicted molar refractivity (Wildman–Crippen MR) is 131 cm³/mol. The molecule has 2 atom stereocenters. The highest BCUT2D eigenvalue weighted by molar-refractivity contribution is 8.63. The number of hydrogen-bond acceptors (Lipinski definition) is 1. The Kier molecular flexibility index (Phi) is 4.23. The Balaban J connectivity index is 1.63. The van der Waals surface area contributed by atoms with Gasteiger partial charge in [0.05, 0.1) is 10.3 Å². The van der Waals surface area contributed by atoms with Gasteiger partial charge in [0.25, 0.3) is 0 Å². The van der Waals surface area contributed by atoms with Crippen molar-refractivity contribution in [1.82, 2.24) is 0 Å². The molecule has 1 fully saturated rings. The molecule has 6 rings (SSSR count). The van der Waals surface area contributed by atoms with E-state index in [2.05, 4.69) is 139 Å². The first-order valence-corrected chi connectivity index (χ1v) is 13.1. The number of benzene rings is 4. The van der Waals surface area contributed by atoms with E-state index < -0.39 is 7.12 Å². The zero-order valence-electron chi connectivity index (χ0n) is 16.5. The average Bonchev–Trinajstić information content (AvgIpc) is 3.20. The summed E-state index contributed by atoms with van der Waals surface area (Å²) < 4.78 is 0. The third-order valence-corrected chi connectivity index (χ3v) is 12.5. The molecule has 4 aromatic carbocycles. The van der Waals surface area contributed by atoms with E-state index in [1.54, 1.807) is 0 Å². The van der Waals surface area contributed by atoms with E-state index >= 15 is 0 Å². The lowest BCUT2D eigenvalue weighted by atomic mass is 9.77. The van der Waals surface area contributed by atoms with Crippen molar-refractivity contribution in [2.45, 2.75) is 10.3 Å². The number of rotatable bonds is 4. The van der Waals surface area contributed by atoms with Gasteiger partial charge in [0.15, 0.2) is 0 Å². The van der Waals surface area contributed by atoms with Crippen molar-refractivity contribution in [3.8, 4) is 0 Å².